The van der Waals surface area contributed by atoms with Crippen LogP contribution >= 0.6 is 12.4 Å². The first kappa shape index (κ1) is 19.2. The molecule has 134 valence electrons. The highest BCUT2D eigenvalue weighted by atomic mass is 35.5. The van der Waals surface area contributed by atoms with Crippen LogP contribution in [0.2, 0.25) is 0 Å². The summed E-state index contributed by atoms with van der Waals surface area (Å²) in [5.41, 5.74) is 2.51. The van der Waals surface area contributed by atoms with E-state index in [4.69, 9.17) is 4.74 Å². The average Bonchev–Trinajstić information content (AvgIpc) is 3.10. The molecule has 3 rings (SSSR count). The lowest BCUT2D eigenvalue weighted by Gasteiger charge is -2.13. The molecule has 0 bridgehead atoms. The summed E-state index contributed by atoms with van der Waals surface area (Å²) in [6.07, 6.45) is 0.875. The second-order valence-corrected chi connectivity index (χ2v) is 6.07. The van der Waals surface area contributed by atoms with E-state index in [2.05, 4.69) is 10.6 Å². The number of ether oxygens (including phenoxy) is 1. The van der Waals surface area contributed by atoms with Crippen molar-refractivity contribution in [2.75, 3.05) is 18.4 Å². The Kier molecular flexibility index (Phi) is 6.79. The summed E-state index contributed by atoms with van der Waals surface area (Å²) < 4.78 is 18.9. The summed E-state index contributed by atoms with van der Waals surface area (Å²) in [5, 5.41) is 6.17. The summed E-state index contributed by atoms with van der Waals surface area (Å²) in [7, 11) is 0. The molecule has 0 saturated carbocycles. The molecule has 1 fully saturated rings. The molecule has 6 heteroatoms. The topological polar surface area (TPSA) is 50.4 Å². The summed E-state index contributed by atoms with van der Waals surface area (Å²) in [6.45, 7) is 3.86. The van der Waals surface area contributed by atoms with Crippen molar-refractivity contribution in [3.63, 3.8) is 0 Å². The van der Waals surface area contributed by atoms with E-state index in [0.29, 0.717) is 12.4 Å². The molecule has 0 spiro atoms. The first-order valence-electron chi connectivity index (χ1n) is 8.11. The van der Waals surface area contributed by atoms with E-state index in [0.717, 1.165) is 36.3 Å². The molecule has 1 unspecified atom stereocenters. The molecule has 0 aliphatic carbocycles. The molecule has 25 heavy (non-hydrogen) atoms. The zero-order chi connectivity index (χ0) is 16.9. The molecular formula is C19H22ClFN2O2. The lowest BCUT2D eigenvalue weighted by atomic mass is 10.1. The van der Waals surface area contributed by atoms with Gasteiger partial charge in [0.15, 0.2) is 0 Å². The third-order valence-corrected chi connectivity index (χ3v) is 4.18. The van der Waals surface area contributed by atoms with Gasteiger partial charge in [0.1, 0.15) is 18.2 Å². The van der Waals surface area contributed by atoms with Gasteiger partial charge in [-0.2, -0.15) is 0 Å². The second-order valence-electron chi connectivity index (χ2n) is 6.07. The third kappa shape index (κ3) is 5.18. The highest BCUT2D eigenvalue weighted by Gasteiger charge is 2.22. The smallest absolute Gasteiger partial charge is 0.228 e. The number of hydrogen-bond donors (Lipinski definition) is 2. The Balaban J connectivity index is 0.00000225. The first-order valence-corrected chi connectivity index (χ1v) is 8.11. The van der Waals surface area contributed by atoms with E-state index in [1.165, 1.54) is 12.1 Å². The summed E-state index contributed by atoms with van der Waals surface area (Å²) in [4.78, 5) is 12.2. The number of amides is 1. The third-order valence-electron chi connectivity index (χ3n) is 4.18. The van der Waals surface area contributed by atoms with Gasteiger partial charge in [-0.1, -0.05) is 12.1 Å². The monoisotopic (exact) mass is 364 g/mol. The van der Waals surface area contributed by atoms with Gasteiger partial charge >= 0.3 is 0 Å². The van der Waals surface area contributed by atoms with Crippen molar-refractivity contribution in [1.29, 1.82) is 0 Å². The van der Waals surface area contributed by atoms with Crippen LogP contribution in [0.1, 0.15) is 17.5 Å². The van der Waals surface area contributed by atoms with Gasteiger partial charge in [0.25, 0.3) is 0 Å². The largest absolute Gasteiger partial charge is 0.489 e. The molecule has 2 aromatic rings. The molecule has 0 radical (unpaired) electrons. The summed E-state index contributed by atoms with van der Waals surface area (Å²) in [6, 6.07) is 11.9. The maximum Gasteiger partial charge on any atom is 0.228 e. The van der Waals surface area contributed by atoms with E-state index in [9.17, 15) is 9.18 Å². The minimum absolute atomic E-state index is 0. The van der Waals surface area contributed by atoms with Crippen LogP contribution in [0, 0.1) is 18.7 Å². The van der Waals surface area contributed by atoms with Crippen molar-refractivity contribution in [2.45, 2.75) is 20.0 Å². The van der Waals surface area contributed by atoms with Crippen LogP contribution in [0.4, 0.5) is 10.1 Å². The van der Waals surface area contributed by atoms with Gasteiger partial charge in [0.2, 0.25) is 5.91 Å². The molecule has 1 amide bonds. The summed E-state index contributed by atoms with van der Waals surface area (Å²) in [5.74, 6) is 0.508. The van der Waals surface area contributed by atoms with Crippen molar-refractivity contribution in [2.24, 2.45) is 5.92 Å². The maximum atomic E-state index is 13.2. The van der Waals surface area contributed by atoms with Crippen molar-refractivity contribution in [1.82, 2.24) is 5.32 Å². The quantitative estimate of drug-likeness (QED) is 0.850. The van der Waals surface area contributed by atoms with E-state index >= 15 is 0 Å². The van der Waals surface area contributed by atoms with Gasteiger partial charge in [-0.25, -0.2) is 4.39 Å². The fourth-order valence-electron chi connectivity index (χ4n) is 2.77. The molecule has 4 nitrogen and oxygen atoms in total. The molecule has 0 aromatic heterocycles. The van der Waals surface area contributed by atoms with Gasteiger partial charge in [-0.15, -0.1) is 12.4 Å². The van der Waals surface area contributed by atoms with E-state index in [1.54, 1.807) is 6.07 Å². The number of benzene rings is 2. The van der Waals surface area contributed by atoms with Gasteiger partial charge in [0, 0.05) is 12.2 Å². The van der Waals surface area contributed by atoms with E-state index in [-0.39, 0.29) is 30.0 Å². The molecule has 1 aliphatic rings. The SMILES string of the molecule is Cc1cc(OCc2cccc(F)c2)ccc1NC(=O)C1CCNC1.Cl. The molecule has 1 heterocycles. The molecule has 1 saturated heterocycles. The minimum atomic E-state index is -0.272. The fraction of sp³-hybridized carbons (Fsp3) is 0.316. The van der Waals surface area contributed by atoms with Crippen LogP contribution in [0.25, 0.3) is 0 Å². The van der Waals surface area contributed by atoms with Gasteiger partial charge < -0.3 is 15.4 Å². The Morgan fingerprint density at radius 3 is 2.84 bits per heavy atom. The zero-order valence-corrected chi connectivity index (χ0v) is 14.9. The van der Waals surface area contributed by atoms with Crippen LogP contribution in [-0.2, 0) is 11.4 Å². The Hall–Kier alpha value is -2.11. The van der Waals surface area contributed by atoms with Gasteiger partial charge in [0.05, 0.1) is 5.92 Å². The van der Waals surface area contributed by atoms with Crippen LogP contribution in [0.3, 0.4) is 0 Å². The fourth-order valence-corrected chi connectivity index (χ4v) is 2.77. The number of carbonyl (C=O) groups is 1. The second kappa shape index (κ2) is 8.83. The highest BCUT2D eigenvalue weighted by Crippen LogP contribution is 2.23. The van der Waals surface area contributed by atoms with Crippen molar-refractivity contribution < 1.29 is 13.9 Å². The van der Waals surface area contributed by atoms with Crippen molar-refractivity contribution in [3.05, 3.63) is 59.4 Å². The van der Waals surface area contributed by atoms with E-state index < -0.39 is 0 Å². The highest BCUT2D eigenvalue weighted by molar-refractivity contribution is 5.93. The van der Waals surface area contributed by atoms with Crippen LogP contribution in [-0.4, -0.2) is 19.0 Å². The summed E-state index contributed by atoms with van der Waals surface area (Å²) >= 11 is 0. The van der Waals surface area contributed by atoms with Gasteiger partial charge in [-0.3, -0.25) is 4.79 Å². The number of anilines is 1. The lowest BCUT2D eigenvalue weighted by molar-refractivity contribution is -0.119. The molecule has 1 aliphatic heterocycles. The van der Waals surface area contributed by atoms with Crippen molar-refractivity contribution in [3.8, 4) is 5.75 Å². The Morgan fingerprint density at radius 1 is 1.32 bits per heavy atom. The van der Waals surface area contributed by atoms with Crippen LogP contribution in [0.15, 0.2) is 42.5 Å². The minimum Gasteiger partial charge on any atom is -0.489 e. The Morgan fingerprint density at radius 2 is 2.16 bits per heavy atom. The first-order chi connectivity index (χ1) is 11.6. The normalized spacial score (nSPS) is 16.2. The van der Waals surface area contributed by atoms with E-state index in [1.807, 2.05) is 31.2 Å². The number of carbonyl (C=O) groups excluding carboxylic acids is 1. The van der Waals surface area contributed by atoms with Crippen LogP contribution < -0.4 is 15.4 Å². The van der Waals surface area contributed by atoms with Gasteiger partial charge in [-0.05, 0) is 61.3 Å². The number of aryl methyl sites for hydroxylation is 1. The number of rotatable bonds is 5. The van der Waals surface area contributed by atoms with Crippen molar-refractivity contribution >= 4 is 24.0 Å². The predicted octanol–water partition coefficient (Wildman–Crippen LogP) is 3.68. The Bertz CT molecular complexity index is 733. The molecule has 1 atom stereocenters. The average molecular weight is 365 g/mol. The molecule has 2 N–H and O–H groups in total. The molecular weight excluding hydrogens is 343 g/mol. The predicted molar refractivity (Wildman–Crippen MR) is 98.8 cm³/mol. The van der Waals surface area contributed by atoms with Crippen LogP contribution in [0.5, 0.6) is 5.75 Å². The lowest BCUT2D eigenvalue weighted by Crippen LogP contribution is -2.24. The maximum absolute atomic E-state index is 13.2. The molecule has 2 aromatic carbocycles. The standard InChI is InChI=1S/C19H21FN2O2.ClH/c1-13-9-17(24-12-14-3-2-4-16(20)10-14)5-6-18(13)22-19(23)15-7-8-21-11-15;/h2-6,9-10,15,21H,7-8,11-12H2,1H3,(H,22,23);1H. The number of hydrogen-bond acceptors (Lipinski definition) is 3. The number of halogens is 2. The Labute approximate surface area is 153 Å². The zero-order valence-electron chi connectivity index (χ0n) is 14.0. The number of nitrogens with one attached hydrogen (secondary N) is 2.